The van der Waals surface area contributed by atoms with E-state index < -0.39 is 0 Å². The van der Waals surface area contributed by atoms with Gasteiger partial charge in [0, 0.05) is 0 Å². The molecule has 0 aromatic carbocycles. The molecule has 0 aliphatic heterocycles. The van der Waals surface area contributed by atoms with E-state index >= 15 is 0 Å². The molecule has 0 heterocycles. The first-order valence-electron chi connectivity index (χ1n) is 1.00. The van der Waals surface area contributed by atoms with Gasteiger partial charge in [0.25, 0.3) is 0 Å². The molecule has 0 rings (SSSR count). The first-order valence-corrected chi connectivity index (χ1v) is 3.00. The summed E-state index contributed by atoms with van der Waals surface area (Å²) in [5.74, 6) is 0. The molecule has 0 aliphatic carbocycles. The predicted molar refractivity (Wildman–Crippen MR) is 35.6 cm³/mol. The van der Waals surface area contributed by atoms with Gasteiger partial charge in [-0.25, -0.2) is 0 Å². The van der Waals surface area contributed by atoms with Crippen LogP contribution in [0.5, 0.6) is 0 Å². The van der Waals surface area contributed by atoms with E-state index in [4.69, 9.17) is 0 Å². The maximum absolute atomic E-state index is 2.14. The summed E-state index contributed by atoms with van der Waals surface area (Å²) in [6, 6.07) is 0. The fourth-order valence-corrected chi connectivity index (χ4v) is 0. The number of hydrogen-bond acceptors (Lipinski definition) is 0. The van der Waals surface area contributed by atoms with Gasteiger partial charge in [-0.3, -0.25) is 0 Å². The van der Waals surface area contributed by atoms with Crippen LogP contribution in [0.15, 0.2) is 0 Å². The molecular weight excluding hydrogens is 88.9 g/mol. The van der Waals surface area contributed by atoms with Crippen molar-refractivity contribution in [3.63, 3.8) is 0 Å². The number of hydrogen-bond donors (Lipinski definition) is 0. The van der Waals surface area contributed by atoms with Gasteiger partial charge in [0.05, 0.1) is 7.44 Å². The van der Waals surface area contributed by atoms with Crippen LogP contribution in [0.4, 0.5) is 0 Å². The molecule has 0 fully saturated rings. The molecule has 0 N–H and O–H groups in total. The minimum absolute atomic E-state index is 0. The molecule has 0 saturated carbocycles. The Morgan fingerprint density at radius 2 is 1.25 bits per heavy atom. The van der Waals surface area contributed by atoms with Crippen LogP contribution in [0.3, 0.4) is 0 Å². The fraction of sp³-hybridized carbons (Fsp3) is 0. The zero-order valence-electron chi connectivity index (χ0n) is 2.00. The maximum atomic E-state index is 2.14. The van der Waals surface area contributed by atoms with Crippen LogP contribution >= 0.6 is 0 Å². The van der Waals surface area contributed by atoms with E-state index in [9.17, 15) is 0 Å². The summed E-state index contributed by atoms with van der Waals surface area (Å²) in [7, 11) is 3.44. The summed E-state index contributed by atoms with van der Waals surface area (Å²) in [6.45, 7) is 0. The SMILES string of the molecule is B[SiH3].[AlH3].[NaH]. The third-order valence-corrected chi connectivity index (χ3v) is 0. The first-order chi connectivity index (χ1) is 1.00. The average Bonchev–Trinajstić information content (AvgIpc) is 1.00. The quantitative estimate of drug-likeness (QED) is 0.271. The van der Waals surface area contributed by atoms with Gasteiger partial charge in [-0.15, -0.1) is 0 Å². The Hall–Kier alpha value is 1.81. The summed E-state index contributed by atoms with van der Waals surface area (Å²) in [5.41, 5.74) is 0. The van der Waals surface area contributed by atoms with Gasteiger partial charge >= 0.3 is 29.6 Å². The second-order valence-electron chi connectivity index (χ2n) is 0. The normalized spacial score (nSPS) is 2.00. The van der Waals surface area contributed by atoms with Crippen LogP contribution in [0.1, 0.15) is 0 Å². The third-order valence-electron chi connectivity index (χ3n) is 0. The Morgan fingerprint density at radius 1 is 1.25 bits per heavy atom. The van der Waals surface area contributed by atoms with Crippen molar-refractivity contribution < 1.29 is 0 Å². The predicted octanol–water partition coefficient (Wildman–Crippen LogP) is -3.93. The molecule has 0 radical (unpaired) electrons. The summed E-state index contributed by atoms with van der Waals surface area (Å²) in [5, 5.41) is 0. The van der Waals surface area contributed by atoms with Crippen molar-refractivity contribution in [1.82, 2.24) is 0 Å². The summed E-state index contributed by atoms with van der Waals surface area (Å²) in [6.07, 6.45) is 0. The van der Waals surface area contributed by atoms with Gasteiger partial charge in [-0.05, 0) is 10.1 Å². The van der Waals surface area contributed by atoms with Crippen molar-refractivity contribution in [2.75, 3.05) is 0 Å². The molecule has 0 aromatic heterocycles. The third kappa shape index (κ3) is 9.18. The van der Waals surface area contributed by atoms with Gasteiger partial charge in [0.2, 0.25) is 0 Å². The Labute approximate surface area is 63.9 Å². The topological polar surface area (TPSA) is 0 Å². The molecule has 0 unspecified atom stereocenters. The average molecular weight is 97.9 g/mol. The van der Waals surface area contributed by atoms with Crippen molar-refractivity contribution >= 4 is 64.5 Å². The van der Waals surface area contributed by atoms with Gasteiger partial charge in [-0.2, -0.15) is 0 Å². The molecule has 0 aromatic rings. The van der Waals surface area contributed by atoms with Crippen molar-refractivity contribution in [2.45, 2.75) is 0 Å². The molecule has 0 spiro atoms. The van der Waals surface area contributed by atoms with E-state index in [2.05, 4.69) is 7.44 Å². The molecule has 0 atom stereocenters. The van der Waals surface area contributed by atoms with Crippen LogP contribution in [0.25, 0.3) is 0 Å². The van der Waals surface area contributed by atoms with Gasteiger partial charge in [-0.1, -0.05) is 0 Å². The molecule has 20 valence electrons. The van der Waals surface area contributed by atoms with Crippen LogP contribution in [0, 0.1) is 0 Å². The van der Waals surface area contributed by atoms with E-state index in [1.54, 1.807) is 0 Å². The van der Waals surface area contributed by atoms with E-state index in [-0.39, 0.29) is 46.9 Å². The van der Waals surface area contributed by atoms with Crippen molar-refractivity contribution in [3.8, 4) is 0 Å². The fourth-order valence-electron chi connectivity index (χ4n) is 0. The van der Waals surface area contributed by atoms with Crippen LogP contribution in [-0.2, 0) is 0 Å². The Kier molecular flexibility index (Phi) is 90.5. The summed E-state index contributed by atoms with van der Waals surface area (Å²) in [4.78, 5) is 0. The molecule has 4 heteroatoms. The Bertz CT molecular complexity index is 8.00. The van der Waals surface area contributed by atoms with Gasteiger partial charge in [0.1, 0.15) is 0 Å². The van der Waals surface area contributed by atoms with Crippen molar-refractivity contribution in [3.05, 3.63) is 0 Å². The minimum atomic E-state index is 0. The summed E-state index contributed by atoms with van der Waals surface area (Å²) >= 11 is 0. The zero-order valence-corrected chi connectivity index (χ0v) is 4.00. The standard InChI is InChI=1S/Al.BH5Si.Na.4H/c;1-2;;;;;/h;1H2,2H3;;;;;. The second-order valence-corrected chi connectivity index (χ2v) is 0. The van der Waals surface area contributed by atoms with Crippen molar-refractivity contribution in [2.24, 2.45) is 0 Å². The molecular formula is H9AlBNaSi. The number of rotatable bonds is 0. The summed E-state index contributed by atoms with van der Waals surface area (Å²) < 4.78 is 0. The van der Waals surface area contributed by atoms with E-state index in [1.807, 2.05) is 0 Å². The molecule has 4 heavy (non-hydrogen) atoms. The molecule has 0 saturated heterocycles. The molecule has 0 aliphatic rings. The van der Waals surface area contributed by atoms with Gasteiger partial charge in [0.15, 0.2) is 17.4 Å². The zero-order chi connectivity index (χ0) is 2.00. The van der Waals surface area contributed by atoms with Crippen molar-refractivity contribution in [1.29, 1.82) is 0 Å². The van der Waals surface area contributed by atoms with E-state index in [0.29, 0.717) is 0 Å². The molecule has 0 nitrogen and oxygen atoms in total. The van der Waals surface area contributed by atoms with Crippen LogP contribution in [0.2, 0.25) is 0 Å². The second kappa shape index (κ2) is 21.3. The Balaban J connectivity index is -0.00000000500. The van der Waals surface area contributed by atoms with Crippen LogP contribution in [-0.4, -0.2) is 64.5 Å². The van der Waals surface area contributed by atoms with Crippen LogP contribution < -0.4 is 0 Å². The first kappa shape index (κ1) is 17.0. The van der Waals surface area contributed by atoms with E-state index in [1.165, 1.54) is 10.1 Å². The Morgan fingerprint density at radius 3 is 1.25 bits per heavy atom. The molecule has 0 bridgehead atoms. The monoisotopic (exact) mass is 98.0 g/mol. The van der Waals surface area contributed by atoms with Gasteiger partial charge < -0.3 is 0 Å². The molecule has 0 amide bonds. The van der Waals surface area contributed by atoms with E-state index in [0.717, 1.165) is 0 Å².